The van der Waals surface area contributed by atoms with Crippen molar-refractivity contribution in [1.29, 1.82) is 0 Å². The van der Waals surface area contributed by atoms with E-state index in [1.165, 1.54) is 0 Å². The van der Waals surface area contributed by atoms with E-state index in [2.05, 4.69) is 21.5 Å². The molecule has 1 atom stereocenters. The number of para-hydroxylation sites is 1. The predicted molar refractivity (Wildman–Crippen MR) is 81.3 cm³/mol. The zero-order valence-corrected chi connectivity index (χ0v) is 11.8. The lowest BCUT2D eigenvalue weighted by molar-refractivity contribution is 0.114. The number of hydrogen-bond donors (Lipinski definition) is 4. The van der Waals surface area contributed by atoms with Crippen LogP contribution < -0.4 is 21.5 Å². The van der Waals surface area contributed by atoms with Gasteiger partial charge >= 0.3 is 6.03 Å². The number of benzene rings is 1. The lowest BCUT2D eigenvalue weighted by atomic mass is 10.2. The second-order valence-corrected chi connectivity index (χ2v) is 4.82. The minimum Gasteiger partial charge on any atom is -0.376 e. The molecule has 1 heterocycles. The van der Waals surface area contributed by atoms with Crippen LogP contribution in [0.4, 0.5) is 10.5 Å². The molecule has 20 heavy (non-hydrogen) atoms. The molecule has 1 aromatic carbocycles. The summed E-state index contributed by atoms with van der Waals surface area (Å²) in [5.41, 5.74) is 5.80. The van der Waals surface area contributed by atoms with Crippen molar-refractivity contribution in [1.82, 2.24) is 16.2 Å². The molecule has 1 fully saturated rings. The van der Waals surface area contributed by atoms with Crippen LogP contribution in [0.15, 0.2) is 30.3 Å². The van der Waals surface area contributed by atoms with Crippen LogP contribution in [0, 0.1) is 0 Å². The average molecular weight is 294 g/mol. The zero-order valence-electron chi connectivity index (χ0n) is 11.0. The van der Waals surface area contributed by atoms with Crippen molar-refractivity contribution >= 4 is 29.0 Å². The number of ether oxygens (including phenoxy) is 1. The highest BCUT2D eigenvalue weighted by molar-refractivity contribution is 7.80. The van der Waals surface area contributed by atoms with Gasteiger partial charge in [-0.15, -0.1) is 0 Å². The van der Waals surface area contributed by atoms with Crippen LogP contribution in [0.25, 0.3) is 0 Å². The third kappa shape index (κ3) is 5.02. The first-order valence-corrected chi connectivity index (χ1v) is 6.92. The van der Waals surface area contributed by atoms with Crippen LogP contribution in [-0.2, 0) is 4.74 Å². The molecule has 0 spiro atoms. The Bertz CT molecular complexity index is 449. The summed E-state index contributed by atoms with van der Waals surface area (Å²) < 4.78 is 5.46. The number of thiocarbonyl (C=S) groups is 1. The molecule has 0 bridgehead atoms. The Labute approximate surface area is 123 Å². The van der Waals surface area contributed by atoms with Crippen molar-refractivity contribution in [2.24, 2.45) is 0 Å². The lowest BCUT2D eigenvalue weighted by Gasteiger charge is -2.14. The molecule has 1 aromatic rings. The molecule has 108 valence electrons. The van der Waals surface area contributed by atoms with Gasteiger partial charge in [0.1, 0.15) is 0 Å². The van der Waals surface area contributed by atoms with Crippen molar-refractivity contribution in [2.75, 3.05) is 18.5 Å². The fourth-order valence-corrected chi connectivity index (χ4v) is 1.99. The maximum absolute atomic E-state index is 11.6. The molecule has 1 aliphatic heterocycles. The Morgan fingerprint density at radius 3 is 2.80 bits per heavy atom. The summed E-state index contributed by atoms with van der Waals surface area (Å²) in [5.74, 6) is 0. The minimum absolute atomic E-state index is 0.202. The number of carbonyl (C=O) groups is 1. The summed E-state index contributed by atoms with van der Waals surface area (Å²) in [6.45, 7) is 1.46. The molecule has 6 nitrogen and oxygen atoms in total. The third-order valence-corrected chi connectivity index (χ3v) is 3.08. The predicted octanol–water partition coefficient (Wildman–Crippen LogP) is 1.37. The highest BCUT2D eigenvalue weighted by Gasteiger charge is 2.15. The number of rotatable bonds is 3. The van der Waals surface area contributed by atoms with Crippen LogP contribution in [0.3, 0.4) is 0 Å². The lowest BCUT2D eigenvalue weighted by Crippen LogP contribution is -2.49. The molecule has 7 heteroatoms. The van der Waals surface area contributed by atoms with E-state index in [0.29, 0.717) is 17.3 Å². The molecule has 0 saturated carbocycles. The summed E-state index contributed by atoms with van der Waals surface area (Å²) in [5, 5.41) is 6.03. The Morgan fingerprint density at radius 1 is 1.30 bits per heavy atom. The van der Waals surface area contributed by atoms with Gasteiger partial charge in [0.15, 0.2) is 5.11 Å². The maximum Gasteiger partial charge on any atom is 0.337 e. The van der Waals surface area contributed by atoms with E-state index in [1.54, 1.807) is 12.1 Å². The Balaban J connectivity index is 1.61. The zero-order chi connectivity index (χ0) is 14.2. The molecule has 0 unspecified atom stereocenters. The second-order valence-electron chi connectivity index (χ2n) is 4.42. The third-order valence-electron chi connectivity index (χ3n) is 2.84. The van der Waals surface area contributed by atoms with Gasteiger partial charge in [0, 0.05) is 18.8 Å². The number of urea groups is 1. The summed E-state index contributed by atoms with van der Waals surface area (Å²) in [6, 6.07) is 8.79. The van der Waals surface area contributed by atoms with Crippen molar-refractivity contribution in [3.05, 3.63) is 30.3 Å². The van der Waals surface area contributed by atoms with Gasteiger partial charge in [-0.05, 0) is 37.2 Å². The van der Waals surface area contributed by atoms with Crippen molar-refractivity contribution in [3.8, 4) is 0 Å². The molecule has 0 radical (unpaired) electrons. The van der Waals surface area contributed by atoms with E-state index < -0.39 is 0 Å². The van der Waals surface area contributed by atoms with Gasteiger partial charge in [-0.1, -0.05) is 18.2 Å². The van der Waals surface area contributed by atoms with Gasteiger partial charge < -0.3 is 15.4 Å². The van der Waals surface area contributed by atoms with Crippen LogP contribution >= 0.6 is 12.2 Å². The molecular weight excluding hydrogens is 276 g/mol. The van der Waals surface area contributed by atoms with Gasteiger partial charge in [-0.3, -0.25) is 5.43 Å². The van der Waals surface area contributed by atoms with E-state index in [1.807, 2.05) is 18.2 Å². The number of nitrogens with one attached hydrogen (secondary N) is 4. The molecule has 2 rings (SSSR count). The fraction of sp³-hybridized carbons (Fsp3) is 0.385. The Hall–Kier alpha value is -1.86. The first-order chi connectivity index (χ1) is 9.74. The van der Waals surface area contributed by atoms with E-state index >= 15 is 0 Å². The van der Waals surface area contributed by atoms with Gasteiger partial charge in [-0.25, -0.2) is 10.2 Å². The highest BCUT2D eigenvalue weighted by atomic mass is 32.1. The minimum atomic E-state index is -0.377. The largest absolute Gasteiger partial charge is 0.376 e. The van der Waals surface area contributed by atoms with Crippen LogP contribution in [0.5, 0.6) is 0 Å². The molecule has 1 saturated heterocycles. The van der Waals surface area contributed by atoms with Crippen LogP contribution in [0.2, 0.25) is 0 Å². The number of amides is 2. The van der Waals surface area contributed by atoms with Crippen molar-refractivity contribution < 1.29 is 9.53 Å². The smallest absolute Gasteiger partial charge is 0.337 e. The quantitative estimate of drug-likeness (QED) is 0.500. The summed E-state index contributed by atoms with van der Waals surface area (Å²) in [4.78, 5) is 11.6. The monoisotopic (exact) mass is 294 g/mol. The molecule has 2 amide bonds. The standard InChI is InChI=1S/C13H18N4O2S/c18-12(15-10-5-2-1-3-6-10)16-17-13(20)14-9-11-7-4-8-19-11/h1-3,5-6,11H,4,7-9H2,(H2,14,17,20)(H2,15,16,18)/t11-/m0/s1. The topological polar surface area (TPSA) is 74.4 Å². The van der Waals surface area contributed by atoms with E-state index in [9.17, 15) is 4.79 Å². The SMILES string of the molecule is O=C(NNC(=S)NC[C@@H]1CCCO1)Nc1ccccc1. The van der Waals surface area contributed by atoms with Crippen molar-refractivity contribution in [3.63, 3.8) is 0 Å². The molecule has 1 aliphatic rings. The van der Waals surface area contributed by atoms with Gasteiger partial charge in [0.05, 0.1) is 6.10 Å². The summed E-state index contributed by atoms with van der Waals surface area (Å²) in [7, 11) is 0. The normalized spacial score (nSPS) is 17.3. The summed E-state index contributed by atoms with van der Waals surface area (Å²) >= 11 is 5.05. The first-order valence-electron chi connectivity index (χ1n) is 6.51. The number of carbonyl (C=O) groups excluding carboxylic acids is 1. The van der Waals surface area contributed by atoms with Crippen LogP contribution in [-0.4, -0.2) is 30.4 Å². The van der Waals surface area contributed by atoms with E-state index in [4.69, 9.17) is 17.0 Å². The Kier molecular flexibility index (Phi) is 5.57. The molecule has 0 aromatic heterocycles. The van der Waals surface area contributed by atoms with Crippen molar-refractivity contribution in [2.45, 2.75) is 18.9 Å². The number of hydrazine groups is 1. The maximum atomic E-state index is 11.6. The van der Waals surface area contributed by atoms with Gasteiger partial charge in [0.25, 0.3) is 0 Å². The first kappa shape index (κ1) is 14.5. The van der Waals surface area contributed by atoms with Gasteiger partial charge in [0.2, 0.25) is 0 Å². The second kappa shape index (κ2) is 7.66. The molecule has 4 N–H and O–H groups in total. The Morgan fingerprint density at radius 2 is 2.10 bits per heavy atom. The summed E-state index contributed by atoms with van der Waals surface area (Å²) in [6.07, 6.45) is 2.33. The van der Waals surface area contributed by atoms with Gasteiger partial charge in [-0.2, -0.15) is 0 Å². The molecule has 0 aliphatic carbocycles. The fourth-order valence-electron chi connectivity index (χ4n) is 1.85. The highest BCUT2D eigenvalue weighted by Crippen LogP contribution is 2.10. The number of anilines is 1. The van der Waals surface area contributed by atoms with E-state index in [-0.39, 0.29) is 12.1 Å². The van der Waals surface area contributed by atoms with E-state index in [0.717, 1.165) is 19.4 Å². The number of hydrogen-bond acceptors (Lipinski definition) is 3. The van der Waals surface area contributed by atoms with Crippen LogP contribution in [0.1, 0.15) is 12.8 Å². The molecular formula is C13H18N4O2S. The average Bonchev–Trinajstić information content (AvgIpc) is 2.97.